The van der Waals surface area contributed by atoms with Crippen LogP contribution in [0.2, 0.25) is 0 Å². The lowest BCUT2D eigenvalue weighted by molar-refractivity contribution is -0.117. The van der Waals surface area contributed by atoms with Crippen LogP contribution < -0.4 is 10.2 Å². The molecule has 2 amide bonds. The highest BCUT2D eigenvalue weighted by atomic mass is 16.2. The summed E-state index contributed by atoms with van der Waals surface area (Å²) < 4.78 is 0. The normalized spacial score (nSPS) is 10.6. The summed E-state index contributed by atoms with van der Waals surface area (Å²) in [7, 11) is 1.89. The topological polar surface area (TPSA) is 65.5 Å². The second-order valence-electron chi connectivity index (χ2n) is 7.04. The maximum atomic E-state index is 13.0. The van der Waals surface area contributed by atoms with Crippen LogP contribution in [0.15, 0.2) is 79.1 Å². The van der Waals surface area contributed by atoms with Gasteiger partial charge < -0.3 is 10.2 Å². The van der Waals surface area contributed by atoms with E-state index < -0.39 is 0 Å². The van der Waals surface area contributed by atoms with Crippen molar-refractivity contribution in [2.24, 2.45) is 0 Å². The molecule has 30 heavy (non-hydrogen) atoms. The maximum absolute atomic E-state index is 13.0. The third-order valence-corrected chi connectivity index (χ3v) is 4.64. The number of nitrogens with one attached hydrogen (secondary N) is 1. The summed E-state index contributed by atoms with van der Waals surface area (Å²) in [5.74, 6) is -0.235. The third kappa shape index (κ3) is 5.75. The van der Waals surface area contributed by atoms with Crippen LogP contribution in [0.1, 0.15) is 22.8 Å². The molecule has 0 radical (unpaired) electrons. The number of carbonyl (C=O) groups is 2. The molecular weight excluding hydrogens is 376 g/mol. The lowest BCUT2D eigenvalue weighted by Crippen LogP contribution is -2.31. The molecule has 3 rings (SSSR count). The van der Waals surface area contributed by atoms with Gasteiger partial charge in [-0.15, -0.1) is 0 Å². The highest BCUT2D eigenvalue weighted by Crippen LogP contribution is 2.19. The van der Waals surface area contributed by atoms with E-state index in [9.17, 15) is 9.59 Å². The monoisotopic (exact) mass is 402 g/mol. The summed E-state index contributed by atoms with van der Waals surface area (Å²) in [5, 5.41) is 2.89. The predicted molar refractivity (Wildman–Crippen MR) is 119 cm³/mol. The zero-order chi connectivity index (χ0) is 21.3. The Kier molecular flexibility index (Phi) is 7.29. The fourth-order valence-corrected chi connectivity index (χ4v) is 3.24. The number of anilines is 2. The van der Waals surface area contributed by atoms with Gasteiger partial charge in [0.05, 0.1) is 6.54 Å². The first-order valence-corrected chi connectivity index (χ1v) is 9.91. The number of pyridine rings is 1. The fourth-order valence-electron chi connectivity index (χ4n) is 3.24. The molecule has 6 nitrogen and oxygen atoms in total. The molecule has 0 aliphatic rings. The van der Waals surface area contributed by atoms with E-state index in [1.807, 2.05) is 61.3 Å². The second-order valence-corrected chi connectivity index (χ2v) is 7.04. The molecular formula is C24H26N4O2. The first-order chi connectivity index (χ1) is 14.6. The van der Waals surface area contributed by atoms with E-state index in [0.29, 0.717) is 24.3 Å². The van der Waals surface area contributed by atoms with Crippen molar-refractivity contribution in [3.05, 3.63) is 90.3 Å². The van der Waals surface area contributed by atoms with Crippen LogP contribution in [0.25, 0.3) is 0 Å². The van der Waals surface area contributed by atoms with Crippen molar-refractivity contribution in [1.29, 1.82) is 0 Å². The van der Waals surface area contributed by atoms with Crippen LogP contribution in [-0.4, -0.2) is 41.8 Å². The Balaban J connectivity index is 1.63. The number of nitrogens with zero attached hydrogens (tertiary/aromatic N) is 3. The number of hydrogen-bond acceptors (Lipinski definition) is 4. The molecule has 2 aromatic carbocycles. The van der Waals surface area contributed by atoms with E-state index in [1.54, 1.807) is 41.6 Å². The van der Waals surface area contributed by atoms with Gasteiger partial charge in [-0.3, -0.25) is 19.5 Å². The fraction of sp³-hybridized carbons (Fsp3) is 0.208. The van der Waals surface area contributed by atoms with E-state index in [1.165, 1.54) is 0 Å². The summed E-state index contributed by atoms with van der Waals surface area (Å²) in [5.41, 5.74) is 3.07. The third-order valence-electron chi connectivity index (χ3n) is 4.64. The average molecular weight is 402 g/mol. The Morgan fingerprint density at radius 3 is 2.40 bits per heavy atom. The van der Waals surface area contributed by atoms with Crippen molar-refractivity contribution in [1.82, 2.24) is 9.88 Å². The van der Waals surface area contributed by atoms with E-state index in [0.717, 1.165) is 11.3 Å². The molecule has 0 atom stereocenters. The smallest absolute Gasteiger partial charge is 0.258 e. The van der Waals surface area contributed by atoms with Crippen molar-refractivity contribution >= 4 is 23.2 Å². The number of benzene rings is 2. The molecule has 0 spiro atoms. The quantitative estimate of drug-likeness (QED) is 0.622. The average Bonchev–Trinajstić information content (AvgIpc) is 2.75. The predicted octanol–water partition coefficient (Wildman–Crippen LogP) is 3.82. The van der Waals surface area contributed by atoms with E-state index >= 15 is 0 Å². The van der Waals surface area contributed by atoms with Crippen LogP contribution in [0.3, 0.4) is 0 Å². The number of rotatable bonds is 8. The summed E-state index contributed by atoms with van der Waals surface area (Å²) in [6.45, 7) is 3.39. The minimum atomic E-state index is -0.133. The van der Waals surface area contributed by atoms with E-state index in [2.05, 4.69) is 10.3 Å². The van der Waals surface area contributed by atoms with Crippen molar-refractivity contribution in [3.8, 4) is 0 Å². The molecule has 154 valence electrons. The molecule has 0 saturated heterocycles. The van der Waals surface area contributed by atoms with E-state index in [-0.39, 0.29) is 18.4 Å². The molecule has 0 bridgehead atoms. The van der Waals surface area contributed by atoms with Gasteiger partial charge in [0, 0.05) is 42.4 Å². The van der Waals surface area contributed by atoms with Gasteiger partial charge in [0.25, 0.3) is 5.91 Å². The van der Waals surface area contributed by atoms with Crippen molar-refractivity contribution < 1.29 is 9.59 Å². The van der Waals surface area contributed by atoms with Crippen LogP contribution >= 0.6 is 0 Å². The van der Waals surface area contributed by atoms with Gasteiger partial charge in [0.2, 0.25) is 5.91 Å². The van der Waals surface area contributed by atoms with Crippen LogP contribution in [-0.2, 0) is 11.3 Å². The second kappa shape index (κ2) is 10.3. The standard InChI is InChI=1S/C24H26N4O2/c1-3-28(22-10-5-4-6-11-22)24(30)20-8-7-9-21(16-20)26-23(29)18-27(2)17-19-12-14-25-15-13-19/h4-16H,3,17-18H2,1-2H3,(H,26,29). The van der Waals surface area contributed by atoms with Gasteiger partial charge in [-0.05, 0) is 62.0 Å². The van der Waals surface area contributed by atoms with Gasteiger partial charge in [-0.25, -0.2) is 0 Å². The molecule has 1 heterocycles. The molecule has 0 aliphatic heterocycles. The van der Waals surface area contributed by atoms with E-state index in [4.69, 9.17) is 0 Å². The Morgan fingerprint density at radius 2 is 1.70 bits per heavy atom. The summed E-state index contributed by atoms with van der Waals surface area (Å²) >= 11 is 0. The molecule has 6 heteroatoms. The molecule has 1 N–H and O–H groups in total. The van der Waals surface area contributed by atoms with Gasteiger partial charge in [0.15, 0.2) is 0 Å². The highest BCUT2D eigenvalue weighted by molar-refractivity contribution is 6.07. The van der Waals surface area contributed by atoms with Crippen molar-refractivity contribution in [2.75, 3.05) is 30.4 Å². The zero-order valence-corrected chi connectivity index (χ0v) is 17.3. The number of amides is 2. The molecule has 0 fully saturated rings. The number of aromatic nitrogens is 1. The SMILES string of the molecule is CCN(C(=O)c1cccc(NC(=O)CN(C)Cc2ccncc2)c1)c1ccccc1. The van der Waals surface area contributed by atoms with Gasteiger partial charge in [-0.1, -0.05) is 24.3 Å². The first-order valence-electron chi connectivity index (χ1n) is 9.91. The molecule has 3 aromatic rings. The van der Waals surface area contributed by atoms with Gasteiger partial charge >= 0.3 is 0 Å². The molecule has 0 saturated carbocycles. The molecule has 1 aromatic heterocycles. The van der Waals surface area contributed by atoms with Gasteiger partial charge in [-0.2, -0.15) is 0 Å². The lowest BCUT2D eigenvalue weighted by atomic mass is 10.1. The van der Waals surface area contributed by atoms with Crippen LogP contribution in [0.4, 0.5) is 11.4 Å². The van der Waals surface area contributed by atoms with Crippen molar-refractivity contribution in [2.45, 2.75) is 13.5 Å². The first kappa shape index (κ1) is 21.2. The Labute approximate surface area is 177 Å². The number of hydrogen-bond donors (Lipinski definition) is 1. The maximum Gasteiger partial charge on any atom is 0.258 e. The summed E-state index contributed by atoms with van der Waals surface area (Å²) in [6.07, 6.45) is 3.47. The largest absolute Gasteiger partial charge is 0.325 e. The zero-order valence-electron chi connectivity index (χ0n) is 17.3. The van der Waals surface area contributed by atoms with Gasteiger partial charge in [0.1, 0.15) is 0 Å². The number of likely N-dealkylation sites (N-methyl/N-ethyl adjacent to an activating group) is 1. The summed E-state index contributed by atoms with van der Waals surface area (Å²) in [6, 6.07) is 20.5. The number of para-hydroxylation sites is 1. The minimum Gasteiger partial charge on any atom is -0.325 e. The Bertz CT molecular complexity index is 977. The number of carbonyl (C=O) groups excluding carboxylic acids is 2. The Hall–Kier alpha value is -3.51. The van der Waals surface area contributed by atoms with Crippen molar-refractivity contribution in [3.63, 3.8) is 0 Å². The Morgan fingerprint density at radius 1 is 0.967 bits per heavy atom. The minimum absolute atomic E-state index is 0.102. The van der Waals surface area contributed by atoms with Crippen LogP contribution in [0, 0.1) is 0 Å². The summed E-state index contributed by atoms with van der Waals surface area (Å²) in [4.78, 5) is 33.1. The lowest BCUT2D eigenvalue weighted by Gasteiger charge is -2.21. The molecule has 0 aliphatic carbocycles. The molecule has 0 unspecified atom stereocenters. The highest BCUT2D eigenvalue weighted by Gasteiger charge is 2.16. The van der Waals surface area contributed by atoms with Crippen LogP contribution in [0.5, 0.6) is 0 Å².